The Morgan fingerprint density at radius 2 is 1.87 bits per heavy atom. The molecular weight excluding hydrogens is 400 g/mol. The topological polar surface area (TPSA) is 75.7 Å². The summed E-state index contributed by atoms with van der Waals surface area (Å²) in [6, 6.07) is 11.1. The van der Waals surface area contributed by atoms with Gasteiger partial charge in [0.25, 0.3) is 0 Å². The van der Waals surface area contributed by atoms with Gasteiger partial charge in [-0.3, -0.25) is 4.79 Å². The van der Waals surface area contributed by atoms with E-state index in [4.69, 9.17) is 4.74 Å². The zero-order valence-corrected chi connectivity index (χ0v) is 18.9. The van der Waals surface area contributed by atoms with Crippen molar-refractivity contribution in [2.45, 2.75) is 44.9 Å². The number of hydrogen-bond acceptors (Lipinski definition) is 4. The Bertz CT molecular complexity index is 1030. The Morgan fingerprint density at radius 3 is 2.50 bits per heavy atom. The highest BCUT2D eigenvalue weighted by atomic mass is 32.2. The molecule has 0 saturated carbocycles. The van der Waals surface area contributed by atoms with E-state index >= 15 is 0 Å². The van der Waals surface area contributed by atoms with Crippen LogP contribution in [0.5, 0.6) is 5.75 Å². The molecule has 0 spiro atoms. The highest BCUT2D eigenvalue weighted by molar-refractivity contribution is 7.89. The molecule has 0 aromatic heterocycles. The normalized spacial score (nSPS) is 15.7. The molecule has 3 rings (SSSR count). The van der Waals surface area contributed by atoms with Gasteiger partial charge in [0.1, 0.15) is 10.6 Å². The molecule has 1 N–H and O–H groups in total. The first-order valence-corrected chi connectivity index (χ1v) is 11.8. The maximum atomic E-state index is 13.2. The van der Waals surface area contributed by atoms with Crippen LogP contribution in [0.4, 0.5) is 5.69 Å². The Labute approximate surface area is 179 Å². The maximum absolute atomic E-state index is 13.2. The monoisotopic (exact) mass is 430 g/mol. The third-order valence-corrected chi connectivity index (χ3v) is 7.67. The standard InChI is InChI=1S/C23H30N2O4S/c1-5-18-8-6-7-17(3)22(18)24-23(26)19-11-13-25(14-12-19)30(27,28)21-15-16(2)9-10-20(21)29-4/h6-10,15,19H,5,11-14H2,1-4H3,(H,24,26). The summed E-state index contributed by atoms with van der Waals surface area (Å²) >= 11 is 0. The number of rotatable bonds is 6. The largest absolute Gasteiger partial charge is 0.495 e. The minimum Gasteiger partial charge on any atom is -0.495 e. The SMILES string of the molecule is CCc1cccc(C)c1NC(=O)C1CCN(S(=O)(=O)c2cc(C)ccc2OC)CC1. The number of carbonyl (C=O) groups excluding carboxylic acids is 1. The van der Waals surface area contributed by atoms with Crippen LogP contribution in [-0.4, -0.2) is 38.8 Å². The molecule has 0 radical (unpaired) electrons. The van der Waals surface area contributed by atoms with Crippen LogP contribution in [0.1, 0.15) is 36.5 Å². The van der Waals surface area contributed by atoms with Crippen molar-refractivity contribution < 1.29 is 17.9 Å². The third-order valence-electron chi connectivity index (χ3n) is 5.75. The first-order valence-electron chi connectivity index (χ1n) is 10.3. The lowest BCUT2D eigenvalue weighted by Gasteiger charge is -2.31. The van der Waals surface area contributed by atoms with Gasteiger partial charge < -0.3 is 10.1 Å². The zero-order chi connectivity index (χ0) is 21.9. The van der Waals surface area contributed by atoms with Crippen molar-refractivity contribution in [3.8, 4) is 5.75 Å². The number of sulfonamides is 1. The highest BCUT2D eigenvalue weighted by Crippen LogP contribution is 2.31. The summed E-state index contributed by atoms with van der Waals surface area (Å²) in [4.78, 5) is 13.0. The molecule has 1 amide bonds. The summed E-state index contributed by atoms with van der Waals surface area (Å²) in [6.07, 6.45) is 1.82. The average Bonchev–Trinajstić information content (AvgIpc) is 2.75. The summed E-state index contributed by atoms with van der Waals surface area (Å²) < 4.78 is 33.0. The van der Waals surface area contributed by atoms with E-state index < -0.39 is 10.0 Å². The van der Waals surface area contributed by atoms with Gasteiger partial charge in [-0.1, -0.05) is 31.2 Å². The molecule has 0 unspecified atom stereocenters. The van der Waals surface area contributed by atoms with Gasteiger partial charge in [0.15, 0.2) is 0 Å². The Morgan fingerprint density at radius 1 is 1.17 bits per heavy atom. The van der Waals surface area contributed by atoms with Crippen LogP contribution in [-0.2, 0) is 21.2 Å². The number of nitrogens with zero attached hydrogens (tertiary/aromatic N) is 1. The minimum atomic E-state index is -3.68. The molecule has 6 nitrogen and oxygen atoms in total. The van der Waals surface area contributed by atoms with Crippen LogP contribution in [0, 0.1) is 19.8 Å². The van der Waals surface area contributed by atoms with Crippen LogP contribution >= 0.6 is 0 Å². The second-order valence-electron chi connectivity index (χ2n) is 7.78. The van der Waals surface area contributed by atoms with Crippen molar-refractivity contribution in [3.05, 3.63) is 53.1 Å². The first kappa shape index (κ1) is 22.3. The van der Waals surface area contributed by atoms with Crippen LogP contribution in [0.3, 0.4) is 0 Å². The molecule has 2 aromatic rings. The van der Waals surface area contributed by atoms with Crippen molar-refractivity contribution >= 4 is 21.6 Å². The van der Waals surface area contributed by atoms with Gasteiger partial charge in [-0.05, 0) is 61.9 Å². The van der Waals surface area contributed by atoms with E-state index in [-0.39, 0.29) is 16.7 Å². The van der Waals surface area contributed by atoms with Gasteiger partial charge in [-0.2, -0.15) is 4.31 Å². The van der Waals surface area contributed by atoms with Gasteiger partial charge in [-0.25, -0.2) is 8.42 Å². The second kappa shape index (κ2) is 9.18. The molecule has 7 heteroatoms. The molecule has 1 heterocycles. The third kappa shape index (κ3) is 4.52. The molecule has 1 aliphatic heterocycles. The molecule has 1 aliphatic rings. The average molecular weight is 431 g/mol. The van der Waals surface area contributed by atoms with E-state index in [0.29, 0.717) is 31.7 Å². The molecule has 30 heavy (non-hydrogen) atoms. The van der Waals surface area contributed by atoms with E-state index in [1.807, 2.05) is 38.1 Å². The number of ether oxygens (including phenoxy) is 1. The summed E-state index contributed by atoms with van der Waals surface area (Å²) in [5.74, 6) is 0.0939. The predicted octanol–water partition coefficient (Wildman–Crippen LogP) is 3.91. The highest BCUT2D eigenvalue weighted by Gasteiger charge is 2.34. The van der Waals surface area contributed by atoms with Crippen LogP contribution in [0.2, 0.25) is 0 Å². The van der Waals surface area contributed by atoms with E-state index in [1.54, 1.807) is 12.1 Å². The van der Waals surface area contributed by atoms with Crippen molar-refractivity contribution in [3.63, 3.8) is 0 Å². The van der Waals surface area contributed by atoms with E-state index in [1.165, 1.54) is 11.4 Å². The molecule has 162 valence electrons. The Balaban J connectivity index is 1.70. The molecule has 2 aromatic carbocycles. The van der Waals surface area contributed by atoms with Crippen molar-refractivity contribution in [1.82, 2.24) is 4.31 Å². The van der Waals surface area contributed by atoms with Crippen LogP contribution in [0.15, 0.2) is 41.3 Å². The van der Waals surface area contributed by atoms with Gasteiger partial charge in [-0.15, -0.1) is 0 Å². The van der Waals surface area contributed by atoms with Gasteiger partial charge in [0, 0.05) is 24.7 Å². The van der Waals surface area contributed by atoms with Crippen molar-refractivity contribution in [2.24, 2.45) is 5.92 Å². The molecular formula is C23H30N2O4S. The van der Waals surface area contributed by atoms with Gasteiger partial charge >= 0.3 is 0 Å². The molecule has 0 atom stereocenters. The van der Waals surface area contributed by atoms with E-state index in [0.717, 1.165) is 28.8 Å². The smallest absolute Gasteiger partial charge is 0.246 e. The predicted molar refractivity (Wildman–Crippen MR) is 118 cm³/mol. The van der Waals surface area contributed by atoms with Crippen molar-refractivity contribution in [1.29, 1.82) is 0 Å². The number of hydrogen-bond donors (Lipinski definition) is 1. The summed E-state index contributed by atoms with van der Waals surface area (Å²) in [5.41, 5.74) is 3.88. The summed E-state index contributed by atoms with van der Waals surface area (Å²) in [7, 11) is -2.21. The number of anilines is 1. The van der Waals surface area contributed by atoms with Gasteiger partial charge in [0.05, 0.1) is 7.11 Å². The summed E-state index contributed by atoms with van der Waals surface area (Å²) in [6.45, 7) is 6.52. The first-order chi connectivity index (χ1) is 14.3. The Hall–Kier alpha value is -2.38. The molecule has 1 saturated heterocycles. The number of carbonyl (C=O) groups is 1. The lowest BCUT2D eigenvalue weighted by Crippen LogP contribution is -2.41. The fraction of sp³-hybridized carbons (Fsp3) is 0.435. The number of methoxy groups -OCH3 is 1. The van der Waals surface area contributed by atoms with Crippen LogP contribution < -0.4 is 10.1 Å². The lowest BCUT2D eigenvalue weighted by atomic mass is 9.96. The van der Waals surface area contributed by atoms with E-state index in [2.05, 4.69) is 12.2 Å². The molecule has 0 bridgehead atoms. The summed E-state index contributed by atoms with van der Waals surface area (Å²) in [5, 5.41) is 3.08. The van der Waals surface area contributed by atoms with E-state index in [9.17, 15) is 13.2 Å². The maximum Gasteiger partial charge on any atom is 0.246 e. The number of nitrogens with one attached hydrogen (secondary N) is 1. The fourth-order valence-electron chi connectivity index (χ4n) is 3.91. The molecule has 0 aliphatic carbocycles. The number of para-hydroxylation sites is 1. The fourth-order valence-corrected chi connectivity index (χ4v) is 5.62. The number of piperidine rings is 1. The van der Waals surface area contributed by atoms with Crippen molar-refractivity contribution in [2.75, 3.05) is 25.5 Å². The second-order valence-corrected chi connectivity index (χ2v) is 9.69. The van der Waals surface area contributed by atoms with Gasteiger partial charge in [0.2, 0.25) is 15.9 Å². The minimum absolute atomic E-state index is 0.0378. The number of benzene rings is 2. The molecule has 1 fully saturated rings. The zero-order valence-electron chi connectivity index (χ0n) is 18.1. The lowest BCUT2D eigenvalue weighted by molar-refractivity contribution is -0.120. The quantitative estimate of drug-likeness (QED) is 0.754. The number of aryl methyl sites for hydroxylation is 3. The van der Waals surface area contributed by atoms with Crippen LogP contribution in [0.25, 0.3) is 0 Å². The number of amides is 1. The Kier molecular flexibility index (Phi) is 6.83.